The standard InChI is InChI=1S/C30H39N5O/c1-4-34(5-2)19-16-31-30(36)23-13-14-27-26(20-23)29-25(28(32-27)22-10-7-6-8-11-22)15-18-35(29)21-24-12-9-17-33(24)3/h6-14,17,20,25,28-29,32H,4-5,15-16,18-19,21H2,1-3H3,(H,31,36)/t25-,28?,29-/m0/s1. The second-order valence-electron chi connectivity index (χ2n) is 10.1. The largest absolute Gasteiger partial charge is 0.378 e. The number of aromatic nitrogens is 1. The smallest absolute Gasteiger partial charge is 0.251 e. The summed E-state index contributed by atoms with van der Waals surface area (Å²) < 4.78 is 2.21. The molecule has 3 atom stereocenters. The van der Waals surface area contributed by atoms with E-state index in [1.807, 2.05) is 6.07 Å². The van der Waals surface area contributed by atoms with Crippen LogP contribution in [0, 0.1) is 5.92 Å². The second kappa shape index (κ2) is 10.9. The fraction of sp³-hybridized carbons (Fsp3) is 0.433. The molecule has 2 aliphatic heterocycles. The molecule has 1 fully saturated rings. The molecule has 2 aromatic carbocycles. The van der Waals surface area contributed by atoms with Crippen molar-refractivity contribution in [2.45, 2.75) is 38.9 Å². The van der Waals surface area contributed by atoms with E-state index in [1.165, 1.54) is 16.8 Å². The number of rotatable bonds is 9. The summed E-state index contributed by atoms with van der Waals surface area (Å²) in [5.74, 6) is 0.458. The highest BCUT2D eigenvalue weighted by Crippen LogP contribution is 2.51. The van der Waals surface area contributed by atoms with Crippen molar-refractivity contribution < 1.29 is 4.79 Å². The zero-order valence-corrected chi connectivity index (χ0v) is 21.8. The maximum Gasteiger partial charge on any atom is 0.251 e. The van der Waals surface area contributed by atoms with Crippen molar-refractivity contribution in [3.05, 3.63) is 89.2 Å². The lowest BCUT2D eigenvalue weighted by molar-refractivity contribution is 0.0948. The number of fused-ring (bicyclic) bond motifs is 3. The SMILES string of the molecule is CCN(CC)CCNC(=O)c1ccc2c(c1)[C@@H]1[C@@H](CCN1Cc1cccn1C)C(c1ccccc1)N2. The molecule has 1 amide bonds. The lowest BCUT2D eigenvalue weighted by atomic mass is 9.79. The van der Waals surface area contributed by atoms with E-state index >= 15 is 0 Å². The average Bonchev–Trinajstić information content (AvgIpc) is 3.52. The summed E-state index contributed by atoms with van der Waals surface area (Å²) in [7, 11) is 2.12. The summed E-state index contributed by atoms with van der Waals surface area (Å²) in [6, 6.07) is 21.9. The Morgan fingerprint density at radius 3 is 2.61 bits per heavy atom. The number of benzene rings is 2. The minimum absolute atomic E-state index is 0.0127. The van der Waals surface area contributed by atoms with E-state index < -0.39 is 0 Å². The Morgan fingerprint density at radius 2 is 1.89 bits per heavy atom. The molecule has 190 valence electrons. The number of anilines is 1. The molecule has 0 aliphatic carbocycles. The molecule has 0 bridgehead atoms. The third kappa shape index (κ3) is 4.93. The first-order valence-electron chi connectivity index (χ1n) is 13.4. The Hall–Kier alpha value is -3.09. The normalized spacial score (nSPS) is 21.2. The van der Waals surface area contributed by atoms with E-state index in [9.17, 15) is 4.79 Å². The van der Waals surface area contributed by atoms with Crippen molar-refractivity contribution in [1.82, 2.24) is 19.7 Å². The molecule has 1 unspecified atom stereocenters. The Labute approximate surface area is 215 Å². The van der Waals surface area contributed by atoms with Gasteiger partial charge in [-0.05, 0) is 67.5 Å². The van der Waals surface area contributed by atoms with Gasteiger partial charge in [0.1, 0.15) is 0 Å². The summed E-state index contributed by atoms with van der Waals surface area (Å²) in [5, 5.41) is 6.98. The van der Waals surface area contributed by atoms with Crippen molar-refractivity contribution in [3.8, 4) is 0 Å². The molecule has 0 saturated carbocycles. The van der Waals surface area contributed by atoms with Gasteiger partial charge in [-0.15, -0.1) is 0 Å². The Morgan fingerprint density at radius 1 is 1.08 bits per heavy atom. The third-order valence-corrected chi connectivity index (χ3v) is 8.10. The first-order valence-corrected chi connectivity index (χ1v) is 13.4. The van der Waals surface area contributed by atoms with Gasteiger partial charge in [0.2, 0.25) is 0 Å². The number of nitrogens with zero attached hydrogens (tertiary/aromatic N) is 3. The number of hydrogen-bond acceptors (Lipinski definition) is 4. The van der Waals surface area contributed by atoms with Crippen LogP contribution in [0.5, 0.6) is 0 Å². The molecule has 3 heterocycles. The molecule has 3 aromatic rings. The van der Waals surface area contributed by atoms with E-state index in [0.29, 0.717) is 12.5 Å². The molecule has 5 rings (SSSR count). The maximum atomic E-state index is 13.1. The fourth-order valence-corrected chi connectivity index (χ4v) is 6.02. The number of amides is 1. The van der Waals surface area contributed by atoms with Crippen LogP contribution in [0.4, 0.5) is 5.69 Å². The molecule has 2 N–H and O–H groups in total. The van der Waals surface area contributed by atoms with Gasteiger partial charge in [0.25, 0.3) is 5.91 Å². The number of aryl methyl sites for hydroxylation is 1. The average molecular weight is 486 g/mol. The molecular formula is C30H39N5O. The van der Waals surface area contributed by atoms with E-state index in [4.69, 9.17) is 0 Å². The molecule has 6 heteroatoms. The summed E-state index contributed by atoms with van der Waals surface area (Å²) in [4.78, 5) is 18.0. The summed E-state index contributed by atoms with van der Waals surface area (Å²) >= 11 is 0. The minimum atomic E-state index is 0.0127. The lowest BCUT2D eigenvalue weighted by Gasteiger charge is -2.40. The highest BCUT2D eigenvalue weighted by molar-refractivity contribution is 5.95. The van der Waals surface area contributed by atoms with Crippen LogP contribution in [0.15, 0.2) is 66.9 Å². The van der Waals surface area contributed by atoms with Crippen LogP contribution in [0.3, 0.4) is 0 Å². The molecule has 6 nitrogen and oxygen atoms in total. The van der Waals surface area contributed by atoms with Crippen molar-refractivity contribution in [2.75, 3.05) is 38.0 Å². The first-order chi connectivity index (χ1) is 17.6. The molecule has 0 radical (unpaired) electrons. The molecule has 1 saturated heterocycles. The number of nitrogens with one attached hydrogen (secondary N) is 2. The topological polar surface area (TPSA) is 52.5 Å². The number of likely N-dealkylation sites (N-methyl/N-ethyl adjacent to an activating group) is 1. The number of hydrogen-bond donors (Lipinski definition) is 2. The van der Waals surface area contributed by atoms with Crippen molar-refractivity contribution in [1.29, 1.82) is 0 Å². The fourth-order valence-electron chi connectivity index (χ4n) is 6.02. The molecule has 2 aliphatic rings. The molecule has 36 heavy (non-hydrogen) atoms. The quantitative estimate of drug-likeness (QED) is 0.456. The van der Waals surface area contributed by atoms with Gasteiger partial charge in [-0.2, -0.15) is 0 Å². The lowest BCUT2D eigenvalue weighted by Crippen LogP contribution is -2.36. The van der Waals surface area contributed by atoms with Crippen LogP contribution in [0.25, 0.3) is 0 Å². The second-order valence-corrected chi connectivity index (χ2v) is 10.1. The monoisotopic (exact) mass is 485 g/mol. The highest BCUT2D eigenvalue weighted by atomic mass is 16.1. The minimum Gasteiger partial charge on any atom is -0.378 e. The Balaban J connectivity index is 1.43. The number of carbonyl (C=O) groups is 1. The summed E-state index contributed by atoms with van der Waals surface area (Å²) in [6.07, 6.45) is 3.24. The van der Waals surface area contributed by atoms with Crippen LogP contribution in [-0.2, 0) is 13.6 Å². The van der Waals surface area contributed by atoms with Crippen LogP contribution in [-0.4, -0.2) is 53.0 Å². The predicted octanol–water partition coefficient (Wildman–Crippen LogP) is 4.83. The van der Waals surface area contributed by atoms with Gasteiger partial charge in [-0.3, -0.25) is 9.69 Å². The number of carbonyl (C=O) groups excluding carboxylic acids is 1. The first kappa shape index (κ1) is 24.6. The molecular weight excluding hydrogens is 446 g/mol. The predicted molar refractivity (Wildman–Crippen MR) is 146 cm³/mol. The van der Waals surface area contributed by atoms with Crippen LogP contribution in [0.1, 0.15) is 59.5 Å². The summed E-state index contributed by atoms with van der Waals surface area (Å²) in [6.45, 7) is 9.81. The Kier molecular flexibility index (Phi) is 7.44. The van der Waals surface area contributed by atoms with Gasteiger partial charge in [-0.25, -0.2) is 0 Å². The van der Waals surface area contributed by atoms with Gasteiger partial charge in [0.05, 0.1) is 6.04 Å². The van der Waals surface area contributed by atoms with Gasteiger partial charge in [-0.1, -0.05) is 44.2 Å². The van der Waals surface area contributed by atoms with E-state index in [1.54, 1.807) is 0 Å². The van der Waals surface area contributed by atoms with Crippen LogP contribution < -0.4 is 10.6 Å². The van der Waals surface area contributed by atoms with E-state index in [-0.39, 0.29) is 18.0 Å². The third-order valence-electron chi connectivity index (χ3n) is 8.10. The van der Waals surface area contributed by atoms with E-state index in [2.05, 4.69) is 107 Å². The molecule has 0 spiro atoms. The van der Waals surface area contributed by atoms with Crippen molar-refractivity contribution in [3.63, 3.8) is 0 Å². The summed E-state index contributed by atoms with van der Waals surface area (Å²) in [5.41, 5.74) is 5.78. The number of likely N-dealkylation sites (tertiary alicyclic amines) is 1. The maximum absolute atomic E-state index is 13.1. The zero-order chi connectivity index (χ0) is 25.1. The molecule has 1 aromatic heterocycles. The van der Waals surface area contributed by atoms with Crippen LogP contribution >= 0.6 is 0 Å². The van der Waals surface area contributed by atoms with Gasteiger partial charge in [0, 0.05) is 61.8 Å². The van der Waals surface area contributed by atoms with Crippen molar-refractivity contribution >= 4 is 11.6 Å². The van der Waals surface area contributed by atoms with Gasteiger partial charge < -0.3 is 20.1 Å². The van der Waals surface area contributed by atoms with Gasteiger partial charge >= 0.3 is 0 Å². The van der Waals surface area contributed by atoms with Crippen LogP contribution in [0.2, 0.25) is 0 Å². The zero-order valence-electron chi connectivity index (χ0n) is 21.8. The highest BCUT2D eigenvalue weighted by Gasteiger charge is 2.44. The van der Waals surface area contributed by atoms with Gasteiger partial charge in [0.15, 0.2) is 0 Å². The van der Waals surface area contributed by atoms with Crippen molar-refractivity contribution in [2.24, 2.45) is 13.0 Å². The Bertz CT molecular complexity index is 1170. The van der Waals surface area contributed by atoms with E-state index in [0.717, 1.165) is 50.4 Å².